The molecule has 1 saturated heterocycles. The molecule has 0 aromatic heterocycles. The van der Waals surface area contributed by atoms with Crippen LogP contribution in [0.3, 0.4) is 0 Å². The topological polar surface area (TPSA) is 49.5 Å². The van der Waals surface area contributed by atoms with Crippen LogP contribution in [0.1, 0.15) is 18.9 Å². The smallest absolute Gasteiger partial charge is 0.107 e. The predicted molar refractivity (Wildman–Crippen MR) is 82.0 cm³/mol. The zero-order valence-electron chi connectivity index (χ0n) is 10.3. The molecule has 18 heavy (non-hydrogen) atoms. The van der Waals surface area contributed by atoms with Crippen LogP contribution in [0.2, 0.25) is 0 Å². The van der Waals surface area contributed by atoms with E-state index in [-0.39, 0.29) is 6.10 Å². The summed E-state index contributed by atoms with van der Waals surface area (Å²) in [6.45, 7) is 3.63. The van der Waals surface area contributed by atoms with Gasteiger partial charge in [-0.05, 0) is 41.4 Å². The number of hydrogen-bond donors (Lipinski definition) is 2. The second kappa shape index (κ2) is 5.55. The quantitative estimate of drug-likeness (QED) is 0.836. The normalized spacial score (nSPS) is 21.1. The van der Waals surface area contributed by atoms with Gasteiger partial charge in [0.2, 0.25) is 0 Å². The number of rotatable bonds is 3. The van der Waals surface area contributed by atoms with Gasteiger partial charge in [-0.2, -0.15) is 0 Å². The number of anilines is 1. The molecule has 0 spiro atoms. The summed E-state index contributed by atoms with van der Waals surface area (Å²) < 4.78 is 0.924. The molecule has 0 saturated carbocycles. The van der Waals surface area contributed by atoms with Crippen LogP contribution in [0, 0.1) is 5.92 Å². The van der Waals surface area contributed by atoms with Crippen LogP contribution in [-0.4, -0.2) is 29.3 Å². The maximum absolute atomic E-state index is 9.66. The first-order chi connectivity index (χ1) is 8.50. The van der Waals surface area contributed by atoms with Crippen molar-refractivity contribution < 1.29 is 5.11 Å². The fraction of sp³-hybridized carbons (Fsp3) is 0.462. The summed E-state index contributed by atoms with van der Waals surface area (Å²) >= 11 is 8.62. The lowest BCUT2D eigenvalue weighted by Gasteiger charge is -2.23. The highest BCUT2D eigenvalue weighted by Gasteiger charge is 2.28. The van der Waals surface area contributed by atoms with Crippen molar-refractivity contribution in [3.05, 3.63) is 28.2 Å². The molecule has 1 fully saturated rings. The summed E-state index contributed by atoms with van der Waals surface area (Å²) in [5.74, 6) is 0.322. The molecule has 1 aliphatic rings. The van der Waals surface area contributed by atoms with E-state index in [0.717, 1.165) is 35.2 Å². The largest absolute Gasteiger partial charge is 0.393 e. The lowest BCUT2D eigenvalue weighted by atomic mass is 10.0. The molecule has 1 aromatic rings. The average Bonchev–Trinajstić information content (AvgIpc) is 2.77. The molecule has 2 atom stereocenters. The molecule has 0 aliphatic carbocycles. The van der Waals surface area contributed by atoms with Crippen LogP contribution in [0.4, 0.5) is 5.69 Å². The fourth-order valence-electron chi connectivity index (χ4n) is 2.42. The monoisotopic (exact) mass is 328 g/mol. The van der Waals surface area contributed by atoms with Crippen molar-refractivity contribution in [1.82, 2.24) is 0 Å². The number of aliphatic hydroxyl groups is 1. The highest BCUT2D eigenvalue weighted by atomic mass is 79.9. The van der Waals surface area contributed by atoms with Crippen molar-refractivity contribution in [2.75, 3.05) is 18.0 Å². The SMILES string of the molecule is CC(O)C1CCN(c2cccc(Br)c2C(N)=S)C1. The minimum absolute atomic E-state index is 0.268. The number of aliphatic hydroxyl groups excluding tert-OH is 1. The van der Waals surface area contributed by atoms with Crippen molar-refractivity contribution >= 4 is 38.8 Å². The van der Waals surface area contributed by atoms with Gasteiger partial charge in [-0.3, -0.25) is 0 Å². The maximum atomic E-state index is 9.66. The molecule has 3 N–H and O–H groups in total. The minimum atomic E-state index is -0.268. The second-order valence-electron chi connectivity index (χ2n) is 4.73. The van der Waals surface area contributed by atoms with Crippen molar-refractivity contribution in [3.8, 4) is 0 Å². The second-order valence-corrected chi connectivity index (χ2v) is 6.03. The third-order valence-electron chi connectivity index (χ3n) is 3.49. The lowest BCUT2D eigenvalue weighted by molar-refractivity contribution is 0.136. The molecular formula is C13H17BrN2OS. The van der Waals surface area contributed by atoms with Crippen molar-refractivity contribution in [3.63, 3.8) is 0 Å². The predicted octanol–water partition coefficient (Wildman–Crippen LogP) is 2.29. The number of nitrogens with zero attached hydrogens (tertiary/aromatic N) is 1. The Morgan fingerprint density at radius 2 is 2.33 bits per heavy atom. The Morgan fingerprint density at radius 1 is 1.61 bits per heavy atom. The zero-order chi connectivity index (χ0) is 13.3. The Kier molecular flexibility index (Phi) is 4.25. The fourth-order valence-corrected chi connectivity index (χ4v) is 3.34. The van der Waals surface area contributed by atoms with E-state index in [1.165, 1.54) is 0 Å². The summed E-state index contributed by atoms with van der Waals surface area (Å²) in [5.41, 5.74) is 7.75. The summed E-state index contributed by atoms with van der Waals surface area (Å²) in [4.78, 5) is 2.65. The molecule has 1 aliphatic heterocycles. The van der Waals surface area contributed by atoms with Crippen LogP contribution in [0.25, 0.3) is 0 Å². The number of halogens is 1. The van der Waals surface area contributed by atoms with Gasteiger partial charge in [0.15, 0.2) is 0 Å². The van der Waals surface area contributed by atoms with Crippen LogP contribution in [0.15, 0.2) is 22.7 Å². The van der Waals surface area contributed by atoms with Gasteiger partial charge in [-0.15, -0.1) is 0 Å². The molecule has 2 unspecified atom stereocenters. The standard InChI is InChI=1S/C13H17BrN2OS/c1-8(17)9-5-6-16(7-9)11-4-2-3-10(14)12(11)13(15)18/h2-4,8-9,17H,5-7H2,1H3,(H2,15,18). The number of benzene rings is 1. The highest BCUT2D eigenvalue weighted by Crippen LogP contribution is 2.32. The van der Waals surface area contributed by atoms with Gasteiger partial charge in [0.1, 0.15) is 4.99 Å². The third kappa shape index (κ3) is 2.68. The Bertz CT molecular complexity index is 464. The van der Waals surface area contributed by atoms with Gasteiger partial charge >= 0.3 is 0 Å². The van der Waals surface area contributed by atoms with E-state index in [1.807, 2.05) is 25.1 Å². The van der Waals surface area contributed by atoms with E-state index in [0.29, 0.717) is 10.9 Å². The van der Waals surface area contributed by atoms with Gasteiger partial charge in [0.05, 0.1) is 6.10 Å². The average molecular weight is 329 g/mol. The molecule has 0 radical (unpaired) electrons. The first-order valence-electron chi connectivity index (χ1n) is 6.02. The first kappa shape index (κ1) is 13.8. The molecule has 2 rings (SSSR count). The highest BCUT2D eigenvalue weighted by molar-refractivity contribution is 9.10. The molecular weight excluding hydrogens is 312 g/mol. The summed E-state index contributed by atoms with van der Waals surface area (Å²) in [7, 11) is 0. The molecule has 1 heterocycles. The zero-order valence-corrected chi connectivity index (χ0v) is 12.7. The van der Waals surface area contributed by atoms with Crippen molar-refractivity contribution in [2.45, 2.75) is 19.4 Å². The van der Waals surface area contributed by atoms with E-state index < -0.39 is 0 Å². The summed E-state index contributed by atoms with van der Waals surface area (Å²) in [5, 5.41) is 9.66. The van der Waals surface area contributed by atoms with Crippen molar-refractivity contribution in [2.24, 2.45) is 11.7 Å². The van der Waals surface area contributed by atoms with Gasteiger partial charge in [0.25, 0.3) is 0 Å². The number of thiocarbonyl (C=S) groups is 1. The minimum Gasteiger partial charge on any atom is -0.393 e. The molecule has 3 nitrogen and oxygen atoms in total. The van der Waals surface area contributed by atoms with E-state index in [9.17, 15) is 5.11 Å². The number of nitrogens with two attached hydrogens (primary N) is 1. The molecule has 0 amide bonds. The lowest BCUT2D eigenvalue weighted by Crippen LogP contribution is -2.26. The van der Waals surface area contributed by atoms with Crippen molar-refractivity contribution in [1.29, 1.82) is 0 Å². The molecule has 5 heteroatoms. The summed E-state index contributed by atoms with van der Waals surface area (Å²) in [6.07, 6.45) is 0.733. The van der Waals surface area contributed by atoms with Gasteiger partial charge in [-0.25, -0.2) is 0 Å². The van der Waals surface area contributed by atoms with Gasteiger partial charge in [0, 0.05) is 34.7 Å². The van der Waals surface area contributed by atoms with Crippen LogP contribution in [0.5, 0.6) is 0 Å². The Morgan fingerprint density at radius 3 is 2.89 bits per heavy atom. The molecule has 1 aromatic carbocycles. The first-order valence-corrected chi connectivity index (χ1v) is 7.22. The molecule has 98 valence electrons. The molecule has 0 bridgehead atoms. The third-order valence-corrected chi connectivity index (χ3v) is 4.35. The Balaban J connectivity index is 2.30. The van der Waals surface area contributed by atoms with Crippen LogP contribution < -0.4 is 10.6 Å². The Labute approximate surface area is 121 Å². The van der Waals surface area contributed by atoms with Gasteiger partial charge < -0.3 is 15.7 Å². The van der Waals surface area contributed by atoms with Crippen LogP contribution >= 0.6 is 28.1 Å². The van der Waals surface area contributed by atoms with E-state index in [4.69, 9.17) is 18.0 Å². The van der Waals surface area contributed by atoms with E-state index in [2.05, 4.69) is 20.8 Å². The van der Waals surface area contributed by atoms with Crippen LogP contribution in [-0.2, 0) is 0 Å². The van der Waals surface area contributed by atoms with E-state index in [1.54, 1.807) is 0 Å². The summed E-state index contributed by atoms with van der Waals surface area (Å²) in [6, 6.07) is 5.96. The van der Waals surface area contributed by atoms with E-state index >= 15 is 0 Å². The number of hydrogen-bond acceptors (Lipinski definition) is 3. The maximum Gasteiger partial charge on any atom is 0.107 e. The Hall–Kier alpha value is -0.650. The van der Waals surface area contributed by atoms with Gasteiger partial charge in [-0.1, -0.05) is 18.3 Å².